The van der Waals surface area contributed by atoms with Crippen LogP contribution in [0, 0.1) is 0 Å². The van der Waals surface area contributed by atoms with Crippen molar-refractivity contribution in [3.8, 4) is 22.5 Å². The van der Waals surface area contributed by atoms with Crippen molar-refractivity contribution in [2.45, 2.75) is 13.5 Å². The van der Waals surface area contributed by atoms with Gasteiger partial charge in [-0.1, -0.05) is 91.0 Å². The largest absolute Gasteiger partial charge is 0.334 e. The molecular weight excluding hydrogens is 410 g/mol. The van der Waals surface area contributed by atoms with Gasteiger partial charge >= 0.3 is 0 Å². The van der Waals surface area contributed by atoms with Crippen molar-refractivity contribution in [3.05, 3.63) is 107 Å². The number of benzene rings is 3. The molecule has 3 heteroatoms. The normalized spacial score (nSPS) is 10.8. The number of hydrogen-bond acceptors (Lipinski definition) is 1. The lowest BCUT2D eigenvalue weighted by Gasteiger charge is -2.15. The van der Waals surface area contributed by atoms with Crippen LogP contribution < -0.4 is 0 Å². The minimum Gasteiger partial charge on any atom is -0.334 e. The molecule has 0 N–H and O–H groups in total. The number of ketones is 1. The summed E-state index contributed by atoms with van der Waals surface area (Å²) in [5.74, 6) is 0.0507. The highest BCUT2D eigenvalue weighted by Gasteiger charge is 2.25. The van der Waals surface area contributed by atoms with Crippen LogP contribution in [0.1, 0.15) is 22.8 Å². The number of aromatic nitrogens is 1. The predicted octanol–water partition coefficient (Wildman–Crippen LogP) is 6.84. The molecule has 1 aromatic heterocycles. The van der Waals surface area contributed by atoms with E-state index in [0.717, 1.165) is 32.6 Å². The van der Waals surface area contributed by atoms with Gasteiger partial charge in [-0.2, -0.15) is 0 Å². The highest BCUT2D eigenvalue weighted by atomic mass is 79.9. The summed E-state index contributed by atoms with van der Waals surface area (Å²) in [5, 5.41) is 0. The third-order valence-corrected chi connectivity index (χ3v) is 5.61. The molecule has 4 rings (SSSR count). The van der Waals surface area contributed by atoms with E-state index < -0.39 is 0 Å². The Hall–Kier alpha value is -2.91. The van der Waals surface area contributed by atoms with E-state index in [4.69, 9.17) is 0 Å². The number of nitrogens with zero attached hydrogens (tertiary/aromatic N) is 1. The van der Waals surface area contributed by atoms with Gasteiger partial charge in [0.15, 0.2) is 5.78 Å². The first kappa shape index (κ1) is 18.5. The monoisotopic (exact) mass is 429 g/mol. The minimum absolute atomic E-state index is 0.0507. The fourth-order valence-electron chi connectivity index (χ4n) is 3.61. The van der Waals surface area contributed by atoms with E-state index in [0.29, 0.717) is 6.54 Å². The van der Waals surface area contributed by atoms with Crippen molar-refractivity contribution in [1.82, 2.24) is 4.57 Å². The molecule has 0 aliphatic carbocycles. The van der Waals surface area contributed by atoms with Crippen LogP contribution in [0.25, 0.3) is 22.5 Å². The fraction of sp³-hybridized carbons (Fsp3) is 0.0800. The van der Waals surface area contributed by atoms with Crippen molar-refractivity contribution < 1.29 is 4.79 Å². The van der Waals surface area contributed by atoms with Crippen LogP contribution in [0.15, 0.2) is 95.5 Å². The van der Waals surface area contributed by atoms with E-state index >= 15 is 0 Å². The van der Waals surface area contributed by atoms with Crippen molar-refractivity contribution >= 4 is 21.7 Å². The molecule has 0 fully saturated rings. The number of rotatable bonds is 5. The molecule has 4 aromatic rings. The molecule has 0 atom stereocenters. The van der Waals surface area contributed by atoms with Gasteiger partial charge in [-0.05, 0) is 39.5 Å². The van der Waals surface area contributed by atoms with Crippen LogP contribution in [0.2, 0.25) is 0 Å². The molecule has 0 aliphatic heterocycles. The first-order valence-corrected chi connectivity index (χ1v) is 10.0. The number of Topliss-reactive ketones (excluding diaryl/α,β-unsaturated/α-hetero) is 1. The van der Waals surface area contributed by atoms with Gasteiger partial charge in [0.25, 0.3) is 0 Å². The first-order chi connectivity index (χ1) is 13.7. The smallest absolute Gasteiger partial charge is 0.163 e. The van der Waals surface area contributed by atoms with Gasteiger partial charge in [-0.15, -0.1) is 0 Å². The maximum absolute atomic E-state index is 12.7. The number of hydrogen-bond donors (Lipinski definition) is 0. The quantitative estimate of drug-likeness (QED) is 0.318. The predicted molar refractivity (Wildman–Crippen MR) is 119 cm³/mol. The summed E-state index contributed by atoms with van der Waals surface area (Å²) >= 11 is 3.76. The maximum atomic E-state index is 12.7. The second-order valence-corrected chi connectivity index (χ2v) is 7.54. The van der Waals surface area contributed by atoms with E-state index in [9.17, 15) is 4.79 Å². The fourth-order valence-corrected chi connectivity index (χ4v) is 4.52. The minimum atomic E-state index is 0.0507. The van der Waals surface area contributed by atoms with Gasteiger partial charge in [0.2, 0.25) is 0 Å². The van der Waals surface area contributed by atoms with Crippen LogP contribution in [-0.2, 0) is 6.54 Å². The molecular formula is C25H20BrNO. The average Bonchev–Trinajstić information content (AvgIpc) is 3.02. The van der Waals surface area contributed by atoms with Crippen molar-refractivity contribution in [2.75, 3.05) is 0 Å². The molecule has 1 heterocycles. The second-order valence-electron chi connectivity index (χ2n) is 6.75. The Bertz CT molecular complexity index is 1100. The van der Waals surface area contributed by atoms with Gasteiger partial charge in [0, 0.05) is 6.54 Å². The van der Waals surface area contributed by atoms with E-state index in [-0.39, 0.29) is 5.78 Å². The molecule has 3 aromatic carbocycles. The summed E-state index contributed by atoms with van der Waals surface area (Å²) in [6, 6.07) is 30.7. The van der Waals surface area contributed by atoms with Crippen LogP contribution in [0.3, 0.4) is 0 Å². The average molecular weight is 430 g/mol. The summed E-state index contributed by atoms with van der Waals surface area (Å²) in [5.41, 5.74) is 5.99. The van der Waals surface area contributed by atoms with Crippen LogP contribution in [0.4, 0.5) is 0 Å². The molecule has 0 amide bonds. The van der Waals surface area contributed by atoms with Crippen LogP contribution in [0.5, 0.6) is 0 Å². The van der Waals surface area contributed by atoms with Gasteiger partial charge in [-0.3, -0.25) is 4.79 Å². The second kappa shape index (κ2) is 7.99. The third kappa shape index (κ3) is 3.46. The number of carbonyl (C=O) groups is 1. The van der Waals surface area contributed by atoms with E-state index in [1.165, 1.54) is 5.56 Å². The van der Waals surface area contributed by atoms with E-state index in [1.807, 2.05) is 54.6 Å². The van der Waals surface area contributed by atoms with Crippen molar-refractivity contribution in [3.63, 3.8) is 0 Å². The van der Waals surface area contributed by atoms with Gasteiger partial charge < -0.3 is 4.57 Å². The first-order valence-electron chi connectivity index (χ1n) is 9.24. The number of halogens is 1. The summed E-state index contributed by atoms with van der Waals surface area (Å²) in [6.45, 7) is 2.31. The van der Waals surface area contributed by atoms with Gasteiger partial charge in [-0.25, -0.2) is 0 Å². The summed E-state index contributed by atoms with van der Waals surface area (Å²) < 4.78 is 3.10. The number of carbonyl (C=O) groups excluding carboxylic acids is 1. The lowest BCUT2D eigenvalue weighted by molar-refractivity contribution is 0.101. The molecule has 0 aliphatic rings. The molecule has 0 bridgehead atoms. The summed E-state index contributed by atoms with van der Waals surface area (Å²) in [4.78, 5) is 12.7. The Kier molecular flexibility index (Phi) is 5.27. The van der Waals surface area contributed by atoms with Crippen molar-refractivity contribution in [2.24, 2.45) is 0 Å². The maximum Gasteiger partial charge on any atom is 0.163 e. The zero-order chi connectivity index (χ0) is 19.5. The molecule has 2 nitrogen and oxygen atoms in total. The Morgan fingerprint density at radius 1 is 0.750 bits per heavy atom. The lowest BCUT2D eigenvalue weighted by atomic mass is 10.0. The highest BCUT2D eigenvalue weighted by Crippen LogP contribution is 2.41. The zero-order valence-electron chi connectivity index (χ0n) is 15.6. The molecule has 28 heavy (non-hydrogen) atoms. The Labute approximate surface area is 173 Å². The molecule has 0 spiro atoms. The standard InChI is InChI=1S/C25H20BrNO/c1-18(28)22-23(26)25(21-15-9-4-10-16-21)27(17-19-11-5-2-6-12-19)24(22)20-13-7-3-8-14-20/h2-16H,17H2,1H3. The SMILES string of the molecule is CC(=O)c1c(Br)c(-c2ccccc2)n(Cc2ccccc2)c1-c1ccccc1. The lowest BCUT2D eigenvalue weighted by Crippen LogP contribution is -2.05. The molecule has 0 saturated heterocycles. The van der Waals surface area contributed by atoms with E-state index in [2.05, 4.69) is 56.9 Å². The van der Waals surface area contributed by atoms with Crippen LogP contribution in [-0.4, -0.2) is 10.4 Å². The van der Waals surface area contributed by atoms with Crippen molar-refractivity contribution in [1.29, 1.82) is 0 Å². The topological polar surface area (TPSA) is 22.0 Å². The third-order valence-electron chi connectivity index (χ3n) is 4.83. The zero-order valence-corrected chi connectivity index (χ0v) is 17.2. The molecule has 138 valence electrons. The van der Waals surface area contributed by atoms with Gasteiger partial charge in [0.05, 0.1) is 21.4 Å². The van der Waals surface area contributed by atoms with Crippen LogP contribution >= 0.6 is 15.9 Å². The van der Waals surface area contributed by atoms with E-state index in [1.54, 1.807) is 6.92 Å². The Morgan fingerprint density at radius 3 is 1.71 bits per heavy atom. The molecule has 0 unspecified atom stereocenters. The molecule has 0 saturated carbocycles. The Balaban J connectivity index is 2.04. The summed E-state index contributed by atoms with van der Waals surface area (Å²) in [6.07, 6.45) is 0. The van der Waals surface area contributed by atoms with Gasteiger partial charge in [0.1, 0.15) is 0 Å². The summed E-state index contributed by atoms with van der Waals surface area (Å²) in [7, 11) is 0. The highest BCUT2D eigenvalue weighted by molar-refractivity contribution is 9.10. The Morgan fingerprint density at radius 2 is 1.21 bits per heavy atom. The molecule has 0 radical (unpaired) electrons.